The quantitative estimate of drug-likeness (QED) is 0.497. The molecule has 1 saturated heterocycles. The molecule has 0 atom stereocenters. The van der Waals surface area contributed by atoms with Crippen molar-refractivity contribution in [3.05, 3.63) is 24.4 Å². The number of nitrogens with zero attached hydrogens (tertiary/aromatic N) is 3. The van der Waals surface area contributed by atoms with Gasteiger partial charge in [0.1, 0.15) is 0 Å². The fourth-order valence-electron chi connectivity index (χ4n) is 1.50. The van der Waals surface area contributed by atoms with Crippen molar-refractivity contribution in [2.45, 2.75) is 0 Å². The first-order chi connectivity index (χ1) is 7.36. The van der Waals surface area contributed by atoms with Gasteiger partial charge in [0.15, 0.2) is 11.8 Å². The van der Waals surface area contributed by atoms with E-state index in [1.807, 2.05) is 18.2 Å². The van der Waals surface area contributed by atoms with Gasteiger partial charge < -0.3 is 16.0 Å². The van der Waals surface area contributed by atoms with Crippen molar-refractivity contribution < 1.29 is 0 Å². The van der Waals surface area contributed by atoms with Crippen molar-refractivity contribution >= 4 is 11.8 Å². The second-order valence-electron chi connectivity index (χ2n) is 3.39. The molecule has 1 aliphatic rings. The molecule has 3 N–H and O–H groups in total. The van der Waals surface area contributed by atoms with Gasteiger partial charge >= 0.3 is 0 Å². The van der Waals surface area contributed by atoms with Crippen LogP contribution in [0, 0.1) is 0 Å². The standard InChI is InChI=1S/C10H15N5/c11-10(15-7-5-12-6-8-15)14-9-3-1-2-4-13-9/h1-4,12H,5-8H2,(H2,11,13,14). The third-order valence-electron chi connectivity index (χ3n) is 2.32. The summed E-state index contributed by atoms with van der Waals surface area (Å²) in [6.45, 7) is 3.72. The molecule has 0 amide bonds. The zero-order valence-electron chi connectivity index (χ0n) is 8.56. The molecular formula is C10H15N5. The SMILES string of the molecule is NC(=Nc1ccccn1)N1CCNCC1. The molecule has 2 rings (SSSR count). The monoisotopic (exact) mass is 205 g/mol. The van der Waals surface area contributed by atoms with Crippen molar-refractivity contribution in [1.82, 2.24) is 15.2 Å². The first-order valence-corrected chi connectivity index (χ1v) is 5.07. The van der Waals surface area contributed by atoms with E-state index in [0.717, 1.165) is 26.2 Å². The fourth-order valence-corrected chi connectivity index (χ4v) is 1.50. The fraction of sp³-hybridized carbons (Fsp3) is 0.400. The van der Waals surface area contributed by atoms with Crippen LogP contribution in [0.4, 0.5) is 5.82 Å². The average Bonchev–Trinajstić information content (AvgIpc) is 2.31. The van der Waals surface area contributed by atoms with Gasteiger partial charge in [-0.1, -0.05) is 6.07 Å². The summed E-state index contributed by atoms with van der Waals surface area (Å²) in [6, 6.07) is 5.60. The Kier molecular flexibility index (Phi) is 3.14. The number of piperazine rings is 1. The molecule has 0 bridgehead atoms. The summed E-state index contributed by atoms with van der Waals surface area (Å²) in [6.07, 6.45) is 1.71. The van der Waals surface area contributed by atoms with E-state index in [-0.39, 0.29) is 0 Å². The highest BCUT2D eigenvalue weighted by atomic mass is 15.3. The van der Waals surface area contributed by atoms with Crippen molar-refractivity contribution in [3.8, 4) is 0 Å². The van der Waals surface area contributed by atoms with Crippen LogP contribution in [0.5, 0.6) is 0 Å². The molecule has 1 fully saturated rings. The van der Waals surface area contributed by atoms with Crippen LogP contribution in [0.2, 0.25) is 0 Å². The highest BCUT2D eigenvalue weighted by Crippen LogP contribution is 2.05. The summed E-state index contributed by atoms with van der Waals surface area (Å²) in [5.74, 6) is 1.21. The summed E-state index contributed by atoms with van der Waals surface area (Å²) in [7, 11) is 0. The Labute approximate surface area is 89.0 Å². The van der Waals surface area contributed by atoms with E-state index in [1.165, 1.54) is 0 Å². The predicted molar refractivity (Wildman–Crippen MR) is 60.0 cm³/mol. The largest absolute Gasteiger partial charge is 0.369 e. The van der Waals surface area contributed by atoms with Crippen LogP contribution in [0.3, 0.4) is 0 Å². The van der Waals surface area contributed by atoms with Gasteiger partial charge in [-0.15, -0.1) is 0 Å². The van der Waals surface area contributed by atoms with Crippen LogP contribution >= 0.6 is 0 Å². The lowest BCUT2D eigenvalue weighted by atomic mass is 10.4. The topological polar surface area (TPSA) is 66.5 Å². The maximum atomic E-state index is 5.89. The molecule has 0 unspecified atom stereocenters. The molecule has 1 aromatic rings. The summed E-state index contributed by atoms with van der Waals surface area (Å²) in [4.78, 5) is 10.4. The number of nitrogens with two attached hydrogens (primary N) is 1. The number of hydrogen-bond acceptors (Lipinski definition) is 3. The van der Waals surface area contributed by atoms with Crippen LogP contribution in [-0.2, 0) is 0 Å². The molecule has 5 heteroatoms. The Morgan fingerprint density at radius 3 is 2.87 bits per heavy atom. The minimum absolute atomic E-state index is 0.551. The number of aliphatic imine (C=N–C) groups is 1. The Bertz CT molecular complexity index is 329. The third-order valence-corrected chi connectivity index (χ3v) is 2.32. The van der Waals surface area contributed by atoms with Gasteiger partial charge in [0, 0.05) is 32.4 Å². The summed E-state index contributed by atoms with van der Waals surface area (Å²) in [5, 5.41) is 3.27. The number of aromatic nitrogens is 1. The molecule has 1 aromatic heterocycles. The molecule has 0 spiro atoms. The maximum absolute atomic E-state index is 5.89. The van der Waals surface area contributed by atoms with E-state index < -0.39 is 0 Å². The zero-order chi connectivity index (χ0) is 10.5. The number of pyridine rings is 1. The second-order valence-corrected chi connectivity index (χ2v) is 3.39. The number of guanidine groups is 1. The first-order valence-electron chi connectivity index (χ1n) is 5.07. The lowest BCUT2D eigenvalue weighted by molar-refractivity contribution is 0.354. The number of hydrogen-bond donors (Lipinski definition) is 2. The van der Waals surface area contributed by atoms with E-state index in [4.69, 9.17) is 5.73 Å². The van der Waals surface area contributed by atoms with Crippen LogP contribution in [0.15, 0.2) is 29.4 Å². The lowest BCUT2D eigenvalue weighted by Gasteiger charge is -2.27. The van der Waals surface area contributed by atoms with Crippen molar-refractivity contribution in [2.75, 3.05) is 26.2 Å². The molecule has 0 saturated carbocycles. The van der Waals surface area contributed by atoms with E-state index >= 15 is 0 Å². The van der Waals surface area contributed by atoms with E-state index in [0.29, 0.717) is 11.8 Å². The number of rotatable bonds is 1. The van der Waals surface area contributed by atoms with Crippen molar-refractivity contribution in [3.63, 3.8) is 0 Å². The Morgan fingerprint density at radius 1 is 1.40 bits per heavy atom. The van der Waals surface area contributed by atoms with Gasteiger partial charge in [0.05, 0.1) is 0 Å². The molecule has 15 heavy (non-hydrogen) atoms. The minimum atomic E-state index is 0.551. The van der Waals surface area contributed by atoms with Crippen LogP contribution in [-0.4, -0.2) is 42.0 Å². The average molecular weight is 205 g/mol. The van der Waals surface area contributed by atoms with Crippen LogP contribution < -0.4 is 11.1 Å². The highest BCUT2D eigenvalue weighted by Gasteiger charge is 2.11. The Morgan fingerprint density at radius 2 is 2.20 bits per heavy atom. The van der Waals surface area contributed by atoms with Crippen LogP contribution in [0.25, 0.3) is 0 Å². The van der Waals surface area contributed by atoms with Crippen molar-refractivity contribution in [1.29, 1.82) is 0 Å². The molecule has 0 radical (unpaired) electrons. The normalized spacial score (nSPS) is 17.9. The maximum Gasteiger partial charge on any atom is 0.198 e. The van der Waals surface area contributed by atoms with Crippen molar-refractivity contribution in [2.24, 2.45) is 10.7 Å². The highest BCUT2D eigenvalue weighted by molar-refractivity contribution is 5.80. The molecule has 80 valence electrons. The minimum Gasteiger partial charge on any atom is -0.369 e. The van der Waals surface area contributed by atoms with Gasteiger partial charge in [-0.2, -0.15) is 4.99 Å². The van der Waals surface area contributed by atoms with Gasteiger partial charge in [0.25, 0.3) is 0 Å². The van der Waals surface area contributed by atoms with Gasteiger partial charge in [-0.05, 0) is 12.1 Å². The first kappa shape index (κ1) is 9.92. The van der Waals surface area contributed by atoms with E-state index in [1.54, 1.807) is 6.20 Å². The molecule has 1 aliphatic heterocycles. The molecule has 0 aromatic carbocycles. The smallest absolute Gasteiger partial charge is 0.198 e. The Hall–Kier alpha value is -1.62. The van der Waals surface area contributed by atoms with Gasteiger partial charge in [0.2, 0.25) is 0 Å². The zero-order valence-corrected chi connectivity index (χ0v) is 8.56. The lowest BCUT2D eigenvalue weighted by Crippen LogP contribution is -2.49. The number of nitrogens with one attached hydrogen (secondary N) is 1. The summed E-state index contributed by atoms with van der Waals surface area (Å²) < 4.78 is 0. The molecule has 2 heterocycles. The second kappa shape index (κ2) is 4.75. The molecular weight excluding hydrogens is 190 g/mol. The van der Waals surface area contributed by atoms with E-state index in [9.17, 15) is 0 Å². The van der Waals surface area contributed by atoms with Crippen LogP contribution in [0.1, 0.15) is 0 Å². The van der Waals surface area contributed by atoms with E-state index in [2.05, 4.69) is 20.2 Å². The van der Waals surface area contributed by atoms with Gasteiger partial charge in [-0.25, -0.2) is 4.98 Å². The summed E-state index contributed by atoms with van der Waals surface area (Å²) >= 11 is 0. The predicted octanol–water partition coefficient (Wildman–Crippen LogP) is -0.0670. The molecule has 5 nitrogen and oxygen atoms in total. The summed E-state index contributed by atoms with van der Waals surface area (Å²) in [5.41, 5.74) is 5.89. The molecule has 0 aliphatic carbocycles. The third kappa shape index (κ3) is 2.66. The van der Waals surface area contributed by atoms with Gasteiger partial charge in [-0.3, -0.25) is 0 Å². The Balaban J connectivity index is 2.06.